The van der Waals surface area contributed by atoms with Gasteiger partial charge in [0.05, 0.1) is 22.3 Å². The Morgan fingerprint density at radius 2 is 1.63 bits per heavy atom. The van der Waals surface area contributed by atoms with Gasteiger partial charge in [0, 0.05) is 0 Å². The minimum Gasteiger partial charge on any atom is -0.440 e. The van der Waals surface area contributed by atoms with Gasteiger partial charge in [-0.1, -0.05) is 61.2 Å². The van der Waals surface area contributed by atoms with Gasteiger partial charge in [0.2, 0.25) is 5.89 Å². The summed E-state index contributed by atoms with van der Waals surface area (Å²) in [6.07, 6.45) is 0.824. The van der Waals surface area contributed by atoms with Crippen molar-refractivity contribution in [2.75, 3.05) is 0 Å². The number of hydrogen-bond acceptors (Lipinski definition) is 5. The molecule has 6 heteroatoms. The van der Waals surface area contributed by atoms with E-state index in [-0.39, 0.29) is 5.56 Å². The predicted molar refractivity (Wildman–Crippen MR) is 120 cm³/mol. The zero-order valence-corrected chi connectivity index (χ0v) is 17.2. The Morgan fingerprint density at radius 3 is 2.47 bits per heavy atom. The number of oxazole rings is 1. The summed E-state index contributed by atoms with van der Waals surface area (Å²) in [5, 5.41) is 1.23. The van der Waals surface area contributed by atoms with Gasteiger partial charge in [0.25, 0.3) is 5.56 Å². The van der Waals surface area contributed by atoms with Crippen LogP contribution >= 0.6 is 11.8 Å². The lowest BCUT2D eigenvalue weighted by atomic mass is 10.1. The maximum Gasteiger partial charge on any atom is 0.266 e. The molecule has 5 nitrogen and oxygen atoms in total. The molecule has 0 atom stereocenters. The van der Waals surface area contributed by atoms with Gasteiger partial charge in [-0.3, -0.25) is 9.36 Å². The number of aromatic nitrogens is 3. The van der Waals surface area contributed by atoms with Crippen molar-refractivity contribution < 1.29 is 4.42 Å². The molecule has 0 spiro atoms. The number of nitrogens with zero attached hydrogens (tertiary/aromatic N) is 3. The maximum absolute atomic E-state index is 13.4. The molecule has 0 saturated heterocycles. The Morgan fingerprint density at radius 1 is 0.900 bits per heavy atom. The van der Waals surface area contributed by atoms with E-state index in [0.29, 0.717) is 27.7 Å². The molecular weight excluding hydrogens is 394 g/mol. The van der Waals surface area contributed by atoms with Crippen molar-refractivity contribution >= 4 is 33.8 Å². The Labute approximate surface area is 177 Å². The summed E-state index contributed by atoms with van der Waals surface area (Å²) < 4.78 is 7.57. The highest BCUT2D eigenvalue weighted by Crippen LogP contribution is 2.27. The maximum atomic E-state index is 13.4. The number of thioether (sulfide) groups is 1. The zero-order chi connectivity index (χ0) is 20.5. The van der Waals surface area contributed by atoms with Crippen molar-refractivity contribution in [1.29, 1.82) is 0 Å². The second-order valence-electron chi connectivity index (χ2n) is 6.90. The largest absolute Gasteiger partial charge is 0.440 e. The summed E-state index contributed by atoms with van der Waals surface area (Å²) in [5.74, 6) is 1.09. The quantitative estimate of drug-likeness (QED) is 0.286. The molecule has 5 aromatic rings. The fourth-order valence-electron chi connectivity index (χ4n) is 3.56. The van der Waals surface area contributed by atoms with Gasteiger partial charge < -0.3 is 4.42 Å². The summed E-state index contributed by atoms with van der Waals surface area (Å²) in [5.41, 5.74) is 4.17. The molecule has 0 amide bonds. The van der Waals surface area contributed by atoms with E-state index in [1.54, 1.807) is 4.57 Å². The Balaban J connectivity index is 1.63. The first kappa shape index (κ1) is 18.6. The van der Waals surface area contributed by atoms with Crippen LogP contribution in [0.5, 0.6) is 0 Å². The lowest BCUT2D eigenvalue weighted by molar-refractivity contribution is 0.555. The van der Waals surface area contributed by atoms with Gasteiger partial charge in [-0.25, -0.2) is 9.97 Å². The molecule has 0 bridgehead atoms. The SMILES string of the molecule is CCc1ccccc1-n1c(SCc2nc3ccccc3o2)nc2ccccc2c1=O. The van der Waals surface area contributed by atoms with Gasteiger partial charge in [0.15, 0.2) is 10.7 Å². The second-order valence-corrected chi connectivity index (χ2v) is 7.84. The summed E-state index contributed by atoms with van der Waals surface area (Å²) in [7, 11) is 0. The van der Waals surface area contributed by atoms with E-state index in [1.807, 2.05) is 72.8 Å². The normalized spacial score (nSPS) is 11.4. The van der Waals surface area contributed by atoms with E-state index >= 15 is 0 Å². The molecule has 5 rings (SSSR count). The minimum atomic E-state index is -0.0680. The van der Waals surface area contributed by atoms with Gasteiger partial charge >= 0.3 is 0 Å². The van der Waals surface area contributed by atoms with Crippen LogP contribution in [-0.2, 0) is 12.2 Å². The molecule has 148 valence electrons. The zero-order valence-electron chi connectivity index (χ0n) is 16.4. The average molecular weight is 414 g/mol. The highest BCUT2D eigenvalue weighted by molar-refractivity contribution is 7.98. The van der Waals surface area contributed by atoms with E-state index in [1.165, 1.54) is 11.8 Å². The van der Waals surface area contributed by atoms with E-state index in [9.17, 15) is 4.79 Å². The minimum absolute atomic E-state index is 0.0680. The monoisotopic (exact) mass is 413 g/mol. The summed E-state index contributed by atoms with van der Waals surface area (Å²) >= 11 is 1.45. The average Bonchev–Trinajstić information content (AvgIpc) is 3.21. The molecule has 0 fully saturated rings. The first-order valence-corrected chi connectivity index (χ1v) is 10.8. The molecule has 0 radical (unpaired) electrons. The van der Waals surface area contributed by atoms with Crippen LogP contribution in [0.2, 0.25) is 0 Å². The third-order valence-electron chi connectivity index (χ3n) is 5.02. The van der Waals surface area contributed by atoms with Crippen LogP contribution in [0.15, 0.2) is 87.2 Å². The highest BCUT2D eigenvalue weighted by Gasteiger charge is 2.16. The molecule has 30 heavy (non-hydrogen) atoms. The lowest BCUT2D eigenvalue weighted by Gasteiger charge is -2.15. The molecule has 0 aliphatic rings. The van der Waals surface area contributed by atoms with Crippen LogP contribution in [0.4, 0.5) is 0 Å². The summed E-state index contributed by atoms with van der Waals surface area (Å²) in [6.45, 7) is 2.09. The van der Waals surface area contributed by atoms with E-state index in [2.05, 4.69) is 11.9 Å². The Bertz CT molecular complexity index is 1390. The standard InChI is InChI=1S/C24H19N3O2S/c1-2-16-9-3-7-13-20(16)27-23(28)17-10-4-5-11-18(17)26-24(27)30-15-22-25-19-12-6-8-14-21(19)29-22/h3-14H,2,15H2,1H3. The van der Waals surface area contributed by atoms with Crippen LogP contribution in [-0.4, -0.2) is 14.5 Å². The molecule has 0 aliphatic heterocycles. The number of rotatable bonds is 5. The number of benzene rings is 3. The second kappa shape index (κ2) is 7.80. The lowest BCUT2D eigenvalue weighted by Crippen LogP contribution is -2.22. The van der Waals surface area contributed by atoms with Crippen LogP contribution in [0, 0.1) is 0 Å². The number of hydrogen-bond donors (Lipinski definition) is 0. The van der Waals surface area contributed by atoms with Crippen LogP contribution in [0.25, 0.3) is 27.7 Å². The fourth-order valence-corrected chi connectivity index (χ4v) is 4.41. The molecule has 2 aromatic heterocycles. The third-order valence-corrected chi connectivity index (χ3v) is 5.94. The predicted octanol–water partition coefficient (Wildman–Crippen LogP) is 5.38. The molecular formula is C24H19N3O2S. The van der Waals surface area contributed by atoms with Gasteiger partial charge in [-0.15, -0.1) is 0 Å². The van der Waals surface area contributed by atoms with Crippen molar-refractivity contribution in [1.82, 2.24) is 14.5 Å². The van der Waals surface area contributed by atoms with Crippen LogP contribution in [0.3, 0.4) is 0 Å². The van der Waals surface area contributed by atoms with E-state index in [0.717, 1.165) is 28.8 Å². The van der Waals surface area contributed by atoms with Crippen molar-refractivity contribution in [3.63, 3.8) is 0 Å². The number of fused-ring (bicyclic) bond motifs is 2. The molecule has 3 aromatic carbocycles. The van der Waals surface area contributed by atoms with Crippen molar-refractivity contribution in [2.24, 2.45) is 0 Å². The van der Waals surface area contributed by atoms with Gasteiger partial charge in [-0.05, 0) is 42.3 Å². The number of para-hydroxylation sites is 4. The van der Waals surface area contributed by atoms with Crippen molar-refractivity contribution in [2.45, 2.75) is 24.3 Å². The van der Waals surface area contributed by atoms with Crippen molar-refractivity contribution in [3.05, 3.63) is 94.6 Å². The number of aryl methyl sites for hydroxylation is 1. The molecule has 0 saturated carbocycles. The van der Waals surface area contributed by atoms with Crippen LogP contribution < -0.4 is 5.56 Å². The Hall–Kier alpha value is -3.38. The smallest absolute Gasteiger partial charge is 0.266 e. The summed E-state index contributed by atoms with van der Waals surface area (Å²) in [6, 6.07) is 23.1. The van der Waals surface area contributed by atoms with E-state index < -0.39 is 0 Å². The fraction of sp³-hybridized carbons (Fsp3) is 0.125. The first-order chi connectivity index (χ1) is 14.7. The third kappa shape index (κ3) is 3.29. The van der Waals surface area contributed by atoms with Gasteiger partial charge in [0.1, 0.15) is 5.52 Å². The van der Waals surface area contributed by atoms with Crippen molar-refractivity contribution in [3.8, 4) is 5.69 Å². The highest BCUT2D eigenvalue weighted by atomic mass is 32.2. The summed E-state index contributed by atoms with van der Waals surface area (Å²) in [4.78, 5) is 22.8. The first-order valence-electron chi connectivity index (χ1n) is 9.82. The van der Waals surface area contributed by atoms with Gasteiger partial charge in [-0.2, -0.15) is 0 Å². The molecule has 0 N–H and O–H groups in total. The van der Waals surface area contributed by atoms with E-state index in [4.69, 9.17) is 9.40 Å². The topological polar surface area (TPSA) is 60.9 Å². The molecule has 0 unspecified atom stereocenters. The molecule has 0 aliphatic carbocycles. The Kier molecular flexibility index (Phi) is 4.85. The van der Waals surface area contributed by atoms with Crippen LogP contribution in [0.1, 0.15) is 18.4 Å². The molecule has 2 heterocycles.